The number of hydrogen-bond acceptors (Lipinski definition) is 3. The van der Waals surface area contributed by atoms with E-state index in [1.165, 1.54) is 11.1 Å². The van der Waals surface area contributed by atoms with Crippen LogP contribution >= 0.6 is 0 Å². The molecule has 0 radical (unpaired) electrons. The van der Waals surface area contributed by atoms with E-state index in [1.54, 1.807) is 16.6 Å². The second-order valence-electron chi connectivity index (χ2n) is 8.41. The van der Waals surface area contributed by atoms with E-state index in [0.717, 1.165) is 35.2 Å². The average Bonchev–Trinajstić information content (AvgIpc) is 3.33. The Bertz CT molecular complexity index is 1380. The van der Waals surface area contributed by atoms with Crippen LogP contribution in [0.15, 0.2) is 67.2 Å². The van der Waals surface area contributed by atoms with Crippen molar-refractivity contribution in [1.29, 1.82) is 0 Å². The summed E-state index contributed by atoms with van der Waals surface area (Å²) in [6, 6.07) is 19.2. The van der Waals surface area contributed by atoms with E-state index in [4.69, 9.17) is 5.10 Å². The van der Waals surface area contributed by atoms with E-state index in [-0.39, 0.29) is 17.7 Å². The van der Waals surface area contributed by atoms with Gasteiger partial charge in [-0.3, -0.25) is 4.79 Å². The molecule has 0 fully saturated rings. The van der Waals surface area contributed by atoms with Gasteiger partial charge in [0.15, 0.2) is 0 Å². The fourth-order valence-electron chi connectivity index (χ4n) is 4.78. The van der Waals surface area contributed by atoms with Crippen molar-refractivity contribution in [3.05, 3.63) is 95.3 Å². The molecule has 0 aliphatic heterocycles. The van der Waals surface area contributed by atoms with Gasteiger partial charge in [-0.25, -0.2) is 4.52 Å². The van der Waals surface area contributed by atoms with Crippen molar-refractivity contribution in [3.8, 4) is 16.9 Å². The number of hydrogen-bond donors (Lipinski definition) is 2. The molecule has 5 heteroatoms. The van der Waals surface area contributed by atoms with Crippen LogP contribution in [0.4, 0.5) is 0 Å². The zero-order valence-electron chi connectivity index (χ0n) is 18.2. The molecule has 0 spiro atoms. The normalized spacial score (nSPS) is 15.0. The number of aromatic hydroxyl groups is 1. The van der Waals surface area contributed by atoms with E-state index < -0.39 is 0 Å². The number of carbonyl (C=O) groups excluding carboxylic acids is 1. The lowest BCUT2D eigenvalue weighted by Gasteiger charge is -2.17. The topological polar surface area (TPSA) is 66.6 Å². The number of aromatic nitrogens is 2. The number of pyridine rings is 1. The van der Waals surface area contributed by atoms with Gasteiger partial charge in [-0.2, -0.15) is 5.10 Å². The van der Waals surface area contributed by atoms with E-state index in [2.05, 4.69) is 24.0 Å². The SMILES string of the molecule is C=C(C)c1c(C(=O)N[C@H]2CCc3ccccc32)ccc2c(-c3ccccc3O)c(C)nn12. The first kappa shape index (κ1) is 20.1. The summed E-state index contributed by atoms with van der Waals surface area (Å²) in [5, 5.41) is 18.3. The van der Waals surface area contributed by atoms with Gasteiger partial charge in [0.25, 0.3) is 5.91 Å². The fraction of sp³-hybridized carbons (Fsp3) is 0.185. The number of carbonyl (C=O) groups is 1. The summed E-state index contributed by atoms with van der Waals surface area (Å²) in [4.78, 5) is 13.4. The summed E-state index contributed by atoms with van der Waals surface area (Å²) in [6.07, 6.45) is 1.86. The van der Waals surface area contributed by atoms with Crippen LogP contribution in [-0.4, -0.2) is 20.6 Å². The number of para-hydroxylation sites is 1. The van der Waals surface area contributed by atoms with Gasteiger partial charge in [-0.15, -0.1) is 0 Å². The minimum Gasteiger partial charge on any atom is -0.507 e. The van der Waals surface area contributed by atoms with Crippen LogP contribution in [0.1, 0.15) is 52.3 Å². The Labute approximate surface area is 187 Å². The van der Waals surface area contributed by atoms with E-state index in [1.807, 2.05) is 50.2 Å². The highest BCUT2D eigenvalue weighted by Gasteiger charge is 2.26. The zero-order valence-corrected chi connectivity index (χ0v) is 18.2. The van der Waals surface area contributed by atoms with Crippen molar-refractivity contribution in [2.45, 2.75) is 32.7 Å². The van der Waals surface area contributed by atoms with Crippen LogP contribution in [0, 0.1) is 6.92 Å². The molecule has 1 amide bonds. The van der Waals surface area contributed by atoms with E-state index >= 15 is 0 Å². The molecule has 1 atom stereocenters. The summed E-state index contributed by atoms with van der Waals surface area (Å²) < 4.78 is 1.77. The van der Waals surface area contributed by atoms with Crippen LogP contribution < -0.4 is 5.32 Å². The van der Waals surface area contributed by atoms with Crippen molar-refractivity contribution in [1.82, 2.24) is 14.9 Å². The fourth-order valence-corrected chi connectivity index (χ4v) is 4.78. The molecule has 0 saturated heterocycles. The third-order valence-electron chi connectivity index (χ3n) is 6.23. The van der Waals surface area contributed by atoms with Crippen molar-refractivity contribution >= 4 is 17.0 Å². The second kappa shape index (κ2) is 7.68. The number of rotatable bonds is 4. The first-order valence-corrected chi connectivity index (χ1v) is 10.8. The zero-order chi connectivity index (χ0) is 22.4. The summed E-state index contributed by atoms with van der Waals surface area (Å²) in [5.41, 5.74) is 7.62. The molecule has 160 valence electrons. The van der Waals surface area contributed by atoms with Crippen molar-refractivity contribution < 1.29 is 9.90 Å². The first-order valence-electron chi connectivity index (χ1n) is 10.8. The van der Waals surface area contributed by atoms with Gasteiger partial charge in [0.05, 0.1) is 28.5 Å². The molecule has 2 aromatic heterocycles. The Morgan fingerprint density at radius 3 is 2.66 bits per heavy atom. The number of allylic oxidation sites excluding steroid dienone is 1. The summed E-state index contributed by atoms with van der Waals surface area (Å²) in [5.74, 6) is 0.0629. The number of nitrogens with zero attached hydrogens (tertiary/aromatic N) is 2. The van der Waals surface area contributed by atoms with Crippen LogP contribution in [0.25, 0.3) is 22.2 Å². The molecule has 1 aliphatic rings. The Hall–Kier alpha value is -3.86. The van der Waals surface area contributed by atoms with Crippen LogP contribution in [0.2, 0.25) is 0 Å². The second-order valence-corrected chi connectivity index (χ2v) is 8.41. The maximum atomic E-state index is 13.4. The average molecular weight is 424 g/mol. The van der Waals surface area contributed by atoms with Crippen LogP contribution in [0.5, 0.6) is 5.75 Å². The lowest BCUT2D eigenvalue weighted by Crippen LogP contribution is -2.28. The maximum absolute atomic E-state index is 13.4. The van der Waals surface area contributed by atoms with Crippen molar-refractivity contribution in [2.75, 3.05) is 0 Å². The molecule has 2 aromatic carbocycles. The number of phenolic OH excluding ortho intramolecular Hbond substituents is 1. The summed E-state index contributed by atoms with van der Waals surface area (Å²) in [7, 11) is 0. The molecule has 5 nitrogen and oxygen atoms in total. The molecular weight excluding hydrogens is 398 g/mol. The lowest BCUT2D eigenvalue weighted by molar-refractivity contribution is 0.0936. The molecule has 0 saturated carbocycles. The molecule has 32 heavy (non-hydrogen) atoms. The van der Waals surface area contributed by atoms with Crippen molar-refractivity contribution in [2.24, 2.45) is 0 Å². The molecule has 2 heterocycles. The largest absolute Gasteiger partial charge is 0.507 e. The molecule has 1 aliphatic carbocycles. The summed E-state index contributed by atoms with van der Waals surface area (Å²) in [6.45, 7) is 7.92. The predicted molar refractivity (Wildman–Crippen MR) is 127 cm³/mol. The monoisotopic (exact) mass is 423 g/mol. The Morgan fingerprint density at radius 2 is 1.88 bits per heavy atom. The Morgan fingerprint density at radius 1 is 1.12 bits per heavy atom. The lowest BCUT2D eigenvalue weighted by atomic mass is 10.0. The molecule has 2 N–H and O–H groups in total. The Kier molecular flexibility index (Phi) is 4.82. The van der Waals surface area contributed by atoms with Gasteiger partial charge in [-0.05, 0) is 61.6 Å². The third kappa shape index (κ3) is 3.17. The third-order valence-corrected chi connectivity index (χ3v) is 6.23. The minimum atomic E-state index is -0.135. The smallest absolute Gasteiger partial charge is 0.253 e. The number of fused-ring (bicyclic) bond motifs is 2. The highest BCUT2D eigenvalue weighted by Crippen LogP contribution is 2.36. The van der Waals surface area contributed by atoms with Gasteiger partial charge in [0.2, 0.25) is 0 Å². The Balaban J connectivity index is 1.59. The van der Waals surface area contributed by atoms with Gasteiger partial charge < -0.3 is 10.4 Å². The number of phenols is 1. The maximum Gasteiger partial charge on any atom is 0.253 e. The van der Waals surface area contributed by atoms with Gasteiger partial charge in [0.1, 0.15) is 5.75 Å². The van der Waals surface area contributed by atoms with Crippen LogP contribution in [0.3, 0.4) is 0 Å². The summed E-state index contributed by atoms with van der Waals surface area (Å²) >= 11 is 0. The highest BCUT2D eigenvalue weighted by atomic mass is 16.3. The number of nitrogens with one attached hydrogen (secondary N) is 1. The number of aryl methyl sites for hydroxylation is 2. The minimum absolute atomic E-state index is 0.00329. The van der Waals surface area contributed by atoms with Gasteiger partial charge >= 0.3 is 0 Å². The van der Waals surface area contributed by atoms with Crippen molar-refractivity contribution in [3.63, 3.8) is 0 Å². The number of amides is 1. The molecule has 0 bridgehead atoms. The standard InChI is InChI=1S/C27H25N3O2/c1-16(2)26-21(27(32)28-22-14-12-18-8-4-5-9-19(18)22)13-15-23-25(17(3)29-30(23)26)20-10-6-7-11-24(20)31/h4-11,13,15,22,31H,1,12,14H2,2-3H3,(H,28,32)/t22-/m0/s1. The molecule has 0 unspecified atom stereocenters. The highest BCUT2D eigenvalue weighted by molar-refractivity contribution is 6.00. The molecular formula is C27H25N3O2. The predicted octanol–water partition coefficient (Wildman–Crippen LogP) is 5.47. The van der Waals surface area contributed by atoms with E-state index in [9.17, 15) is 9.90 Å². The molecule has 4 aromatic rings. The first-order chi connectivity index (χ1) is 15.5. The van der Waals surface area contributed by atoms with E-state index in [0.29, 0.717) is 16.8 Å². The molecule has 5 rings (SSSR count). The van der Waals surface area contributed by atoms with Gasteiger partial charge in [-0.1, -0.05) is 49.0 Å². The quantitative estimate of drug-likeness (QED) is 0.458. The van der Waals surface area contributed by atoms with Gasteiger partial charge in [0, 0.05) is 11.1 Å². The number of benzene rings is 2. The van der Waals surface area contributed by atoms with Crippen LogP contribution in [-0.2, 0) is 6.42 Å².